The van der Waals surface area contributed by atoms with E-state index in [1.807, 2.05) is 0 Å². The molecule has 4 nitrogen and oxygen atoms in total. The molecule has 4 heteroatoms. The number of benzene rings is 1. The zero-order chi connectivity index (χ0) is 16.9. The Balaban J connectivity index is 1.57. The zero-order valence-corrected chi connectivity index (χ0v) is 15.2. The molecule has 0 spiro atoms. The summed E-state index contributed by atoms with van der Waals surface area (Å²) in [5, 5.41) is 12.3. The van der Waals surface area contributed by atoms with Gasteiger partial charge in [0.05, 0.1) is 11.0 Å². The largest absolute Gasteiger partial charge is 0.387 e. The molecule has 0 aromatic heterocycles. The summed E-state index contributed by atoms with van der Waals surface area (Å²) in [6.07, 6.45) is 3.93. The highest BCUT2D eigenvalue weighted by Crippen LogP contribution is 2.50. The van der Waals surface area contributed by atoms with Crippen LogP contribution in [0.5, 0.6) is 0 Å². The highest BCUT2D eigenvalue weighted by Gasteiger charge is 2.63. The minimum absolute atomic E-state index is 0.149. The molecule has 1 aromatic rings. The van der Waals surface area contributed by atoms with E-state index in [1.165, 1.54) is 24.8 Å². The summed E-state index contributed by atoms with van der Waals surface area (Å²) in [4.78, 5) is 7.79. The monoisotopic (exact) mass is 341 g/mol. The van der Waals surface area contributed by atoms with Crippen LogP contribution in [-0.2, 0) is 5.41 Å². The van der Waals surface area contributed by atoms with Crippen molar-refractivity contribution in [2.75, 3.05) is 58.9 Å². The predicted molar refractivity (Wildman–Crippen MR) is 99.7 cm³/mol. The lowest BCUT2D eigenvalue weighted by molar-refractivity contribution is -0.173. The van der Waals surface area contributed by atoms with Crippen molar-refractivity contribution < 1.29 is 5.11 Å². The summed E-state index contributed by atoms with van der Waals surface area (Å²) in [5.74, 6) is 0.361. The average Bonchev–Trinajstić information content (AvgIpc) is 2.91. The SMILES string of the molecule is OC1(CN2CCCCC2)C2CN3CCN(C2)CC1(c1ccccc1)C3. The Morgan fingerprint density at radius 2 is 1.52 bits per heavy atom. The van der Waals surface area contributed by atoms with E-state index in [2.05, 4.69) is 45.0 Å². The predicted octanol–water partition coefficient (Wildman–Crippen LogP) is 1.40. The van der Waals surface area contributed by atoms with E-state index in [0.29, 0.717) is 5.92 Å². The van der Waals surface area contributed by atoms with Crippen molar-refractivity contribution >= 4 is 0 Å². The summed E-state index contributed by atoms with van der Waals surface area (Å²) in [7, 11) is 0. The summed E-state index contributed by atoms with van der Waals surface area (Å²) in [6, 6.07) is 10.9. The van der Waals surface area contributed by atoms with Crippen LogP contribution in [0.25, 0.3) is 0 Å². The van der Waals surface area contributed by atoms with Gasteiger partial charge in [0, 0.05) is 51.7 Å². The van der Waals surface area contributed by atoms with E-state index in [9.17, 15) is 5.11 Å². The van der Waals surface area contributed by atoms with Gasteiger partial charge in [0.1, 0.15) is 0 Å². The Hall–Kier alpha value is -0.940. The van der Waals surface area contributed by atoms with E-state index in [-0.39, 0.29) is 5.41 Å². The van der Waals surface area contributed by atoms with Crippen molar-refractivity contribution in [3.63, 3.8) is 0 Å². The molecule has 5 aliphatic heterocycles. The molecule has 5 fully saturated rings. The Morgan fingerprint density at radius 1 is 0.880 bits per heavy atom. The molecule has 4 bridgehead atoms. The molecule has 1 N–H and O–H groups in total. The normalized spacial score (nSPS) is 44.0. The molecule has 6 rings (SSSR count). The highest BCUT2D eigenvalue weighted by atomic mass is 16.3. The summed E-state index contributed by atoms with van der Waals surface area (Å²) < 4.78 is 0. The van der Waals surface area contributed by atoms with Crippen molar-refractivity contribution in [3.05, 3.63) is 35.9 Å². The first-order valence-electron chi connectivity index (χ1n) is 10.1. The number of fused-ring (bicyclic) bond motifs is 1. The van der Waals surface area contributed by atoms with Crippen LogP contribution in [-0.4, -0.2) is 84.3 Å². The number of rotatable bonds is 3. The van der Waals surface area contributed by atoms with Crippen LogP contribution in [0.3, 0.4) is 0 Å². The van der Waals surface area contributed by atoms with Gasteiger partial charge >= 0.3 is 0 Å². The minimum atomic E-state index is -0.608. The van der Waals surface area contributed by atoms with Gasteiger partial charge in [0.15, 0.2) is 0 Å². The Bertz CT molecular complexity index is 599. The molecule has 25 heavy (non-hydrogen) atoms. The lowest BCUT2D eigenvalue weighted by atomic mass is 9.57. The quantitative estimate of drug-likeness (QED) is 0.900. The first-order valence-corrected chi connectivity index (χ1v) is 10.1. The third-order valence-electron chi connectivity index (χ3n) is 7.42. The van der Waals surface area contributed by atoms with Gasteiger partial charge in [0.2, 0.25) is 0 Å². The number of aliphatic hydroxyl groups is 1. The Labute approximate surface area is 151 Å². The Kier molecular flexibility index (Phi) is 3.93. The second kappa shape index (κ2) is 6.05. The van der Waals surface area contributed by atoms with Crippen molar-refractivity contribution in [2.45, 2.75) is 30.3 Å². The molecule has 0 saturated carbocycles. The van der Waals surface area contributed by atoms with Gasteiger partial charge in [-0.25, -0.2) is 0 Å². The van der Waals surface area contributed by atoms with E-state index in [4.69, 9.17) is 0 Å². The molecule has 5 heterocycles. The van der Waals surface area contributed by atoms with Gasteiger partial charge in [-0.1, -0.05) is 36.8 Å². The van der Waals surface area contributed by atoms with Crippen molar-refractivity contribution in [3.8, 4) is 0 Å². The smallest absolute Gasteiger partial charge is 0.0947 e. The van der Waals surface area contributed by atoms with Crippen LogP contribution in [0.2, 0.25) is 0 Å². The number of likely N-dealkylation sites (tertiary alicyclic amines) is 1. The first kappa shape index (κ1) is 16.2. The van der Waals surface area contributed by atoms with E-state index < -0.39 is 5.60 Å². The number of hydrogen-bond acceptors (Lipinski definition) is 4. The fourth-order valence-corrected chi connectivity index (χ4v) is 6.14. The van der Waals surface area contributed by atoms with Gasteiger partial charge < -0.3 is 19.8 Å². The maximum atomic E-state index is 12.3. The van der Waals surface area contributed by atoms with E-state index in [1.54, 1.807) is 0 Å². The summed E-state index contributed by atoms with van der Waals surface area (Å²) in [5.41, 5.74) is 0.586. The van der Waals surface area contributed by atoms with Gasteiger partial charge in [-0.05, 0) is 31.5 Å². The summed E-state index contributed by atoms with van der Waals surface area (Å²) >= 11 is 0. The molecule has 0 amide bonds. The highest BCUT2D eigenvalue weighted by molar-refractivity contribution is 5.36. The van der Waals surface area contributed by atoms with Crippen LogP contribution >= 0.6 is 0 Å². The molecule has 5 saturated heterocycles. The number of hydrogen-bond donors (Lipinski definition) is 1. The molecular formula is C21H31N3O. The summed E-state index contributed by atoms with van der Waals surface area (Å²) in [6.45, 7) is 9.64. The second-order valence-corrected chi connectivity index (χ2v) is 8.88. The number of β-amino-alcohol motifs (C(OH)–C–C–N with tert-alkyl or cyclic N) is 1. The first-order chi connectivity index (χ1) is 12.2. The molecule has 5 aliphatic rings. The minimum Gasteiger partial charge on any atom is -0.387 e. The van der Waals surface area contributed by atoms with Crippen LogP contribution in [0.15, 0.2) is 30.3 Å². The fourth-order valence-electron chi connectivity index (χ4n) is 6.14. The van der Waals surface area contributed by atoms with Gasteiger partial charge in [-0.15, -0.1) is 0 Å². The van der Waals surface area contributed by atoms with Crippen LogP contribution in [0, 0.1) is 5.92 Å². The number of piperidine rings is 3. The van der Waals surface area contributed by atoms with Gasteiger partial charge in [-0.3, -0.25) is 0 Å². The number of nitrogens with zero attached hydrogens (tertiary/aromatic N) is 3. The van der Waals surface area contributed by atoms with Gasteiger partial charge in [-0.2, -0.15) is 0 Å². The third kappa shape index (κ3) is 2.49. The molecule has 3 unspecified atom stereocenters. The third-order valence-corrected chi connectivity index (χ3v) is 7.42. The molecule has 0 aliphatic carbocycles. The van der Waals surface area contributed by atoms with E-state index in [0.717, 1.165) is 58.9 Å². The van der Waals surface area contributed by atoms with Crippen LogP contribution in [0.4, 0.5) is 0 Å². The average molecular weight is 341 g/mol. The van der Waals surface area contributed by atoms with Crippen LogP contribution in [0.1, 0.15) is 24.8 Å². The van der Waals surface area contributed by atoms with Gasteiger partial charge in [0.25, 0.3) is 0 Å². The lowest BCUT2D eigenvalue weighted by Crippen LogP contribution is -2.76. The van der Waals surface area contributed by atoms with Crippen molar-refractivity contribution in [1.82, 2.24) is 14.7 Å². The topological polar surface area (TPSA) is 30.0 Å². The molecular weight excluding hydrogens is 310 g/mol. The molecule has 1 aromatic carbocycles. The lowest BCUT2D eigenvalue weighted by Gasteiger charge is -2.62. The maximum absolute atomic E-state index is 12.3. The molecule has 3 atom stereocenters. The van der Waals surface area contributed by atoms with E-state index >= 15 is 0 Å². The standard InChI is InChI=1S/C21H31N3O/c25-21(17-22-9-5-2-6-10-22)19-13-23-11-12-24(14-19)16-20(21,15-23)18-7-3-1-4-8-18/h1,3-4,7-8,19,25H,2,5-6,9-17H2. The second-order valence-electron chi connectivity index (χ2n) is 8.88. The zero-order valence-electron chi connectivity index (χ0n) is 15.2. The van der Waals surface area contributed by atoms with Crippen molar-refractivity contribution in [2.24, 2.45) is 5.92 Å². The fraction of sp³-hybridized carbons (Fsp3) is 0.714. The maximum Gasteiger partial charge on any atom is 0.0947 e. The Morgan fingerprint density at radius 3 is 2.16 bits per heavy atom. The van der Waals surface area contributed by atoms with Crippen LogP contribution < -0.4 is 0 Å². The molecule has 0 radical (unpaired) electrons. The van der Waals surface area contributed by atoms with Crippen molar-refractivity contribution in [1.29, 1.82) is 0 Å². The molecule has 136 valence electrons.